The van der Waals surface area contributed by atoms with Gasteiger partial charge < -0.3 is 25.6 Å². The number of nitrogens with zero attached hydrogens (tertiary/aromatic N) is 2. The first-order chi connectivity index (χ1) is 26.1. The molecule has 2 heterocycles. The highest BCUT2D eigenvalue weighted by atomic mass is 32.2. The first-order valence-corrected chi connectivity index (χ1v) is 20.9. The number of pyridine rings is 1. The summed E-state index contributed by atoms with van der Waals surface area (Å²) in [4.78, 5) is 46.0. The molecule has 2 atom stereocenters. The Labute approximate surface area is 321 Å². The number of amides is 4. The van der Waals surface area contributed by atoms with Gasteiger partial charge in [-0.3, -0.25) is 14.9 Å². The van der Waals surface area contributed by atoms with E-state index in [0.29, 0.717) is 34.9 Å². The van der Waals surface area contributed by atoms with E-state index in [4.69, 9.17) is 4.74 Å². The summed E-state index contributed by atoms with van der Waals surface area (Å²) in [6.45, 7) is 4.49. The minimum atomic E-state index is -3.77. The number of aromatic nitrogens is 1. The van der Waals surface area contributed by atoms with Crippen LogP contribution >= 0.6 is 11.8 Å². The lowest BCUT2D eigenvalue weighted by Crippen LogP contribution is -2.44. The smallest absolute Gasteiger partial charge is 0.320 e. The lowest BCUT2D eigenvalue weighted by Gasteiger charge is -2.36. The average molecular weight is 773 g/mol. The van der Waals surface area contributed by atoms with E-state index in [9.17, 15) is 22.8 Å². The van der Waals surface area contributed by atoms with E-state index in [1.807, 2.05) is 42.7 Å². The number of hydrogen-bond donors (Lipinski definition) is 4. The van der Waals surface area contributed by atoms with Gasteiger partial charge in [-0.1, -0.05) is 81.3 Å². The van der Waals surface area contributed by atoms with Gasteiger partial charge in [0, 0.05) is 43.0 Å². The maximum absolute atomic E-state index is 14.3. The monoisotopic (exact) mass is 772 g/mol. The number of unbranched alkanes of at least 4 members (excludes halogenated alkanes) is 1. The number of para-hydroxylation sites is 1. The largest absolute Gasteiger partial charge is 0.483 e. The van der Waals surface area contributed by atoms with Crippen molar-refractivity contribution in [3.63, 3.8) is 0 Å². The minimum absolute atomic E-state index is 0.00364. The molecule has 4 aromatic rings. The highest BCUT2D eigenvalue weighted by Gasteiger charge is 2.42. The predicted molar refractivity (Wildman–Crippen MR) is 213 cm³/mol. The topological polar surface area (TPSA) is 159 Å². The first-order valence-electron chi connectivity index (χ1n) is 18.1. The van der Waals surface area contributed by atoms with E-state index < -0.39 is 45.7 Å². The molecule has 0 aliphatic carbocycles. The van der Waals surface area contributed by atoms with Crippen LogP contribution in [0.5, 0.6) is 5.75 Å². The molecule has 1 aliphatic rings. The minimum Gasteiger partial charge on any atom is -0.483 e. The molecule has 12 nitrogen and oxygen atoms in total. The Hall–Kier alpha value is -5.08. The van der Waals surface area contributed by atoms with Gasteiger partial charge in [-0.25, -0.2) is 18.2 Å². The number of nitrogens with one attached hydrogen (secondary N) is 4. The number of benzene rings is 3. The molecule has 14 heteroatoms. The van der Waals surface area contributed by atoms with Crippen LogP contribution in [0.4, 0.5) is 22.0 Å². The molecule has 0 saturated heterocycles. The fourth-order valence-electron chi connectivity index (χ4n) is 6.49. The standard InChI is InChI=1S/C40H48N6O6S2/c1-4-6-20-40(5-2)27-46(30-17-11-8-12-18-30)31-24-33(53-3)32(25-34(31)54(50,51)28-40)52-26-36(47)45-37(29-15-9-7-10-16-29)38(48)42-22-23-43-39(49)44-35-19-13-14-21-41-35/h7-19,21,24-25,37H,4-6,20,22-23,26-28H2,1-3H3,(H,42,48)(H,45,47)(H2,41,43,44,49). The van der Waals surface area contributed by atoms with E-state index in [1.165, 1.54) is 11.8 Å². The number of ether oxygens (including phenoxy) is 1. The van der Waals surface area contributed by atoms with Crippen LogP contribution in [0.15, 0.2) is 107 Å². The Morgan fingerprint density at radius 1 is 0.944 bits per heavy atom. The molecule has 0 saturated carbocycles. The fourth-order valence-corrected chi connectivity index (χ4v) is 9.22. The van der Waals surface area contributed by atoms with E-state index in [-0.39, 0.29) is 29.5 Å². The summed E-state index contributed by atoms with van der Waals surface area (Å²) in [5, 5.41) is 10.8. The maximum atomic E-state index is 14.3. The number of anilines is 3. The van der Waals surface area contributed by atoms with Gasteiger partial charge in [0.25, 0.3) is 5.91 Å². The van der Waals surface area contributed by atoms with E-state index in [2.05, 4.69) is 45.0 Å². The van der Waals surface area contributed by atoms with Gasteiger partial charge in [0.05, 0.1) is 21.2 Å². The molecule has 4 N–H and O–H groups in total. The fraction of sp³-hybridized carbons (Fsp3) is 0.350. The molecular weight excluding hydrogens is 725 g/mol. The zero-order valence-electron chi connectivity index (χ0n) is 30.8. The molecule has 0 spiro atoms. The lowest BCUT2D eigenvalue weighted by atomic mass is 9.81. The van der Waals surface area contributed by atoms with E-state index >= 15 is 0 Å². The summed E-state index contributed by atoms with van der Waals surface area (Å²) in [6, 6.07) is 25.6. The van der Waals surface area contributed by atoms with Crippen molar-refractivity contribution in [2.45, 2.75) is 55.4 Å². The van der Waals surface area contributed by atoms with Crippen LogP contribution in [-0.4, -0.2) is 69.5 Å². The molecular formula is C40H48N6O6S2. The second-order valence-corrected chi connectivity index (χ2v) is 16.0. The molecule has 1 aromatic heterocycles. The lowest BCUT2D eigenvalue weighted by molar-refractivity contribution is -0.130. The number of rotatable bonds is 16. The summed E-state index contributed by atoms with van der Waals surface area (Å²) < 4.78 is 34.6. The van der Waals surface area contributed by atoms with Gasteiger partial charge in [-0.15, -0.1) is 11.8 Å². The van der Waals surface area contributed by atoms with Gasteiger partial charge in [0.1, 0.15) is 17.6 Å². The number of carbonyl (C=O) groups is 3. The van der Waals surface area contributed by atoms with Crippen molar-refractivity contribution in [2.24, 2.45) is 5.41 Å². The highest BCUT2D eigenvalue weighted by Crippen LogP contribution is 2.47. The van der Waals surface area contributed by atoms with Crippen molar-refractivity contribution in [3.8, 4) is 5.75 Å². The van der Waals surface area contributed by atoms with Crippen LogP contribution in [-0.2, 0) is 19.4 Å². The molecule has 0 radical (unpaired) electrons. The SMILES string of the molecule is CCCCC1(CC)CN(c2ccccc2)c2cc(SC)c(OCC(=O)NC(C(=O)NCCNC(=O)Nc3ccccn3)c3ccccc3)cc2S(=O)(=O)C1. The van der Waals surface area contributed by atoms with Crippen LogP contribution in [0, 0.1) is 5.41 Å². The van der Waals surface area contributed by atoms with Crippen molar-refractivity contribution in [1.29, 1.82) is 0 Å². The number of thioether (sulfide) groups is 1. The molecule has 5 rings (SSSR count). The molecule has 3 aromatic carbocycles. The van der Waals surface area contributed by atoms with Crippen molar-refractivity contribution < 1.29 is 27.5 Å². The van der Waals surface area contributed by atoms with Crippen molar-refractivity contribution in [3.05, 3.63) is 103 Å². The molecule has 0 bridgehead atoms. The first kappa shape index (κ1) is 40.1. The third kappa shape index (κ3) is 10.3. The van der Waals surface area contributed by atoms with Crippen molar-refractivity contribution >= 4 is 56.6 Å². The van der Waals surface area contributed by atoms with Crippen LogP contribution in [0.2, 0.25) is 0 Å². The second-order valence-electron chi connectivity index (χ2n) is 13.2. The Morgan fingerprint density at radius 3 is 2.31 bits per heavy atom. The van der Waals surface area contributed by atoms with Crippen LogP contribution in [0.1, 0.15) is 51.1 Å². The Morgan fingerprint density at radius 2 is 1.65 bits per heavy atom. The third-order valence-corrected chi connectivity index (χ3v) is 12.2. The summed E-state index contributed by atoms with van der Waals surface area (Å²) in [6.07, 6.45) is 6.80. The van der Waals surface area contributed by atoms with Gasteiger partial charge in [0.2, 0.25) is 5.91 Å². The molecule has 286 valence electrons. The Bertz CT molecular complexity index is 1990. The quantitative estimate of drug-likeness (QED) is 0.0738. The molecule has 4 amide bonds. The van der Waals surface area contributed by atoms with Crippen molar-refractivity contribution in [2.75, 3.05) is 48.5 Å². The normalized spacial score (nSPS) is 16.6. The van der Waals surface area contributed by atoms with Crippen LogP contribution in [0.3, 0.4) is 0 Å². The highest BCUT2D eigenvalue weighted by molar-refractivity contribution is 7.98. The zero-order chi connectivity index (χ0) is 38.6. The molecule has 1 aliphatic heterocycles. The molecule has 0 fully saturated rings. The Kier molecular flexibility index (Phi) is 14.0. The number of fused-ring (bicyclic) bond motifs is 1. The summed E-state index contributed by atoms with van der Waals surface area (Å²) in [5.74, 6) is -0.399. The average Bonchev–Trinajstić information content (AvgIpc) is 3.28. The second kappa shape index (κ2) is 18.8. The van der Waals surface area contributed by atoms with Gasteiger partial charge in [0.15, 0.2) is 16.4 Å². The Balaban J connectivity index is 1.31. The van der Waals surface area contributed by atoms with Crippen LogP contribution < -0.4 is 30.9 Å². The number of sulfone groups is 1. The van der Waals surface area contributed by atoms with Crippen molar-refractivity contribution in [1.82, 2.24) is 20.9 Å². The summed E-state index contributed by atoms with van der Waals surface area (Å²) in [7, 11) is -3.77. The van der Waals surface area contributed by atoms with Gasteiger partial charge >= 0.3 is 6.03 Å². The molecule has 2 unspecified atom stereocenters. The molecule has 54 heavy (non-hydrogen) atoms. The summed E-state index contributed by atoms with van der Waals surface area (Å²) in [5.41, 5.74) is 1.57. The van der Waals surface area contributed by atoms with Gasteiger partial charge in [-0.2, -0.15) is 0 Å². The third-order valence-electron chi connectivity index (χ3n) is 9.41. The van der Waals surface area contributed by atoms with Gasteiger partial charge in [-0.05, 0) is 55.0 Å². The van der Waals surface area contributed by atoms with E-state index in [0.717, 1.165) is 24.9 Å². The number of carbonyl (C=O) groups excluding carboxylic acids is 3. The zero-order valence-corrected chi connectivity index (χ0v) is 32.5. The number of urea groups is 1. The van der Waals surface area contributed by atoms with E-state index in [1.54, 1.807) is 60.8 Å². The maximum Gasteiger partial charge on any atom is 0.320 e. The predicted octanol–water partition coefficient (Wildman–Crippen LogP) is 6.49. The van der Waals surface area contributed by atoms with Crippen LogP contribution in [0.25, 0.3) is 0 Å². The number of hydrogen-bond acceptors (Lipinski definition) is 9. The summed E-state index contributed by atoms with van der Waals surface area (Å²) >= 11 is 1.39.